The molecule has 2 aromatic heterocycles. The Morgan fingerprint density at radius 3 is 2.54 bits per heavy atom. The van der Waals surface area contributed by atoms with Crippen LogP contribution < -0.4 is 5.56 Å². The second-order valence-electron chi connectivity index (χ2n) is 7.15. The molecule has 4 heterocycles. The highest BCUT2D eigenvalue weighted by Gasteiger charge is 2.41. The average molecular weight is 394 g/mol. The summed E-state index contributed by atoms with van der Waals surface area (Å²) in [5.74, 6) is -1.96. The Morgan fingerprint density at radius 2 is 1.96 bits per heavy atom. The van der Waals surface area contributed by atoms with Crippen molar-refractivity contribution in [2.24, 2.45) is 0 Å². The molecule has 0 saturated carbocycles. The van der Waals surface area contributed by atoms with Crippen molar-refractivity contribution in [2.45, 2.75) is 50.5 Å². The number of nitrogens with zero attached hydrogens (tertiary/aromatic N) is 4. The molecule has 0 radical (unpaired) electrons. The van der Waals surface area contributed by atoms with Crippen molar-refractivity contribution in [1.29, 1.82) is 0 Å². The van der Waals surface area contributed by atoms with E-state index in [2.05, 4.69) is 21.2 Å². The number of fused-ring (bicyclic) bond motifs is 2. The Balaban J connectivity index is 1.51. The number of rotatable bonds is 3. The van der Waals surface area contributed by atoms with Crippen molar-refractivity contribution in [2.75, 3.05) is 0 Å². The minimum atomic E-state index is -4.76. The average Bonchev–Trinajstić information content (AvgIpc) is 3.20. The van der Waals surface area contributed by atoms with E-state index < -0.39 is 17.6 Å². The van der Waals surface area contributed by atoms with Gasteiger partial charge in [0.25, 0.3) is 5.56 Å². The molecule has 2 aliphatic heterocycles. The lowest BCUT2D eigenvalue weighted by Crippen LogP contribution is -2.46. The number of halogens is 3. The van der Waals surface area contributed by atoms with Crippen LogP contribution in [0, 0.1) is 0 Å². The number of piperidine rings is 1. The fourth-order valence-corrected chi connectivity index (χ4v) is 3.98. The zero-order chi connectivity index (χ0) is 20.1. The minimum Gasteiger partial charge on any atom is -0.335 e. The van der Waals surface area contributed by atoms with Crippen molar-refractivity contribution in [1.82, 2.24) is 19.6 Å². The Hall–Kier alpha value is -2.91. The fourth-order valence-electron chi connectivity index (χ4n) is 3.98. The van der Waals surface area contributed by atoms with Gasteiger partial charge in [0.1, 0.15) is 6.54 Å². The topological polar surface area (TPSA) is 81.2 Å². The molecule has 4 rings (SSSR count). The van der Waals surface area contributed by atoms with Crippen molar-refractivity contribution < 1.29 is 22.5 Å². The lowest BCUT2D eigenvalue weighted by molar-refractivity contribution is -0.159. The standard InChI is InChI=1S/C18H17F3N4O3/c1-10-6-12-2-3-13(7-10)25(12)15(27)9-24-5-4-11(8-14(24)26)16-22-17(28-23-16)18(19,20)21/h4-5,8,12-13H,1-3,6-7,9H2. The number of carbonyl (C=O) groups excluding carboxylic acids is 1. The van der Waals surface area contributed by atoms with Crippen LogP contribution in [-0.4, -0.2) is 37.6 Å². The van der Waals surface area contributed by atoms with Crippen molar-refractivity contribution >= 4 is 5.91 Å². The summed E-state index contributed by atoms with van der Waals surface area (Å²) in [5, 5.41) is 3.26. The summed E-state index contributed by atoms with van der Waals surface area (Å²) in [6.45, 7) is 3.89. The maximum atomic E-state index is 12.7. The predicted octanol–water partition coefficient (Wildman–Crippen LogP) is 2.63. The summed E-state index contributed by atoms with van der Waals surface area (Å²) in [5.41, 5.74) is 0.705. The summed E-state index contributed by atoms with van der Waals surface area (Å²) >= 11 is 0. The van der Waals surface area contributed by atoms with E-state index in [1.54, 1.807) is 0 Å². The Labute approximate surface area is 157 Å². The third kappa shape index (κ3) is 3.34. The first kappa shape index (κ1) is 18.5. The summed E-state index contributed by atoms with van der Waals surface area (Å²) in [7, 11) is 0. The van der Waals surface area contributed by atoms with Gasteiger partial charge in [-0.3, -0.25) is 9.59 Å². The van der Waals surface area contributed by atoms with E-state index in [9.17, 15) is 22.8 Å². The van der Waals surface area contributed by atoms with Crippen LogP contribution in [0.25, 0.3) is 11.4 Å². The van der Waals surface area contributed by atoms with E-state index in [-0.39, 0.29) is 35.9 Å². The Bertz CT molecular complexity index is 978. The summed E-state index contributed by atoms with van der Waals surface area (Å²) < 4.78 is 43.1. The van der Waals surface area contributed by atoms with Crippen LogP contribution in [0.4, 0.5) is 13.2 Å². The number of amides is 1. The maximum Gasteiger partial charge on any atom is 0.471 e. The molecule has 2 unspecified atom stereocenters. The Morgan fingerprint density at radius 1 is 1.29 bits per heavy atom. The van der Waals surface area contributed by atoms with Crippen LogP contribution in [0.15, 0.2) is 39.8 Å². The molecule has 2 atom stereocenters. The van der Waals surface area contributed by atoms with E-state index in [1.807, 2.05) is 4.90 Å². The molecule has 1 amide bonds. The number of hydrogen-bond donors (Lipinski definition) is 0. The quantitative estimate of drug-likeness (QED) is 0.748. The van der Waals surface area contributed by atoms with E-state index in [1.165, 1.54) is 16.8 Å². The first-order valence-electron chi connectivity index (χ1n) is 8.82. The zero-order valence-corrected chi connectivity index (χ0v) is 14.8. The number of aromatic nitrogens is 3. The van der Waals surface area contributed by atoms with Crippen LogP contribution in [0.3, 0.4) is 0 Å². The minimum absolute atomic E-state index is 0.0855. The molecule has 2 saturated heterocycles. The van der Waals surface area contributed by atoms with Crippen LogP contribution >= 0.6 is 0 Å². The van der Waals surface area contributed by atoms with Crippen LogP contribution in [-0.2, 0) is 17.5 Å². The van der Waals surface area contributed by atoms with E-state index in [0.29, 0.717) is 0 Å². The van der Waals surface area contributed by atoms with Crippen LogP contribution in [0.5, 0.6) is 0 Å². The third-order valence-corrected chi connectivity index (χ3v) is 5.18. The number of carbonyl (C=O) groups is 1. The highest BCUT2D eigenvalue weighted by Crippen LogP contribution is 2.37. The first-order valence-corrected chi connectivity index (χ1v) is 8.82. The molecule has 2 aliphatic rings. The van der Waals surface area contributed by atoms with E-state index >= 15 is 0 Å². The van der Waals surface area contributed by atoms with Crippen molar-refractivity contribution in [3.05, 3.63) is 46.7 Å². The monoisotopic (exact) mass is 394 g/mol. The highest BCUT2D eigenvalue weighted by atomic mass is 19.4. The lowest BCUT2D eigenvalue weighted by Gasteiger charge is -2.36. The number of alkyl halides is 3. The third-order valence-electron chi connectivity index (χ3n) is 5.18. The van der Waals surface area contributed by atoms with Crippen LogP contribution in [0.2, 0.25) is 0 Å². The second-order valence-corrected chi connectivity index (χ2v) is 7.15. The van der Waals surface area contributed by atoms with Gasteiger partial charge in [0, 0.05) is 29.9 Å². The smallest absolute Gasteiger partial charge is 0.335 e. The molecule has 2 bridgehead atoms. The molecule has 0 aliphatic carbocycles. The molecule has 7 nitrogen and oxygen atoms in total. The first-order chi connectivity index (χ1) is 13.2. The maximum absolute atomic E-state index is 12.7. The molecular formula is C18H17F3N4O3. The van der Waals surface area contributed by atoms with Gasteiger partial charge in [-0.2, -0.15) is 18.2 Å². The SMILES string of the molecule is C=C1CC2CCC(C1)N2C(=O)Cn1ccc(-c2noc(C(F)(F)F)n2)cc1=O. The number of pyridine rings is 1. The lowest BCUT2D eigenvalue weighted by atomic mass is 9.98. The molecule has 148 valence electrons. The Kier molecular flexibility index (Phi) is 4.35. The van der Waals surface area contributed by atoms with Crippen molar-refractivity contribution in [3.8, 4) is 11.4 Å². The van der Waals surface area contributed by atoms with E-state index in [0.717, 1.165) is 37.3 Å². The van der Waals surface area contributed by atoms with Gasteiger partial charge < -0.3 is 14.0 Å². The second kappa shape index (κ2) is 6.61. The summed E-state index contributed by atoms with van der Waals surface area (Å²) in [4.78, 5) is 30.2. The largest absolute Gasteiger partial charge is 0.471 e. The molecule has 0 N–H and O–H groups in total. The van der Waals surface area contributed by atoms with Gasteiger partial charge in [0.15, 0.2) is 0 Å². The van der Waals surface area contributed by atoms with Crippen LogP contribution in [0.1, 0.15) is 31.6 Å². The summed E-state index contributed by atoms with van der Waals surface area (Å²) in [6.07, 6.45) is 0.0336. The van der Waals surface area contributed by atoms with Gasteiger partial charge in [-0.15, -0.1) is 0 Å². The fraction of sp³-hybridized carbons (Fsp3) is 0.444. The molecule has 28 heavy (non-hydrogen) atoms. The summed E-state index contributed by atoms with van der Waals surface area (Å²) in [6, 6.07) is 2.74. The molecule has 2 fully saturated rings. The van der Waals surface area contributed by atoms with Gasteiger partial charge in [-0.25, -0.2) is 0 Å². The molecule has 0 spiro atoms. The van der Waals surface area contributed by atoms with Crippen molar-refractivity contribution in [3.63, 3.8) is 0 Å². The zero-order valence-electron chi connectivity index (χ0n) is 14.8. The normalized spacial score (nSPS) is 22.0. The van der Waals surface area contributed by atoms with E-state index in [4.69, 9.17) is 0 Å². The van der Waals surface area contributed by atoms with Gasteiger partial charge in [-0.1, -0.05) is 17.3 Å². The van der Waals surface area contributed by atoms with Gasteiger partial charge in [0.05, 0.1) is 0 Å². The molecule has 10 heteroatoms. The van der Waals surface area contributed by atoms with Gasteiger partial charge >= 0.3 is 12.1 Å². The molecule has 2 aromatic rings. The number of hydrogen-bond acceptors (Lipinski definition) is 5. The highest BCUT2D eigenvalue weighted by molar-refractivity contribution is 5.77. The van der Waals surface area contributed by atoms with Gasteiger partial charge in [-0.05, 0) is 31.7 Å². The molecular weight excluding hydrogens is 377 g/mol. The van der Waals surface area contributed by atoms with Gasteiger partial charge in [0.2, 0.25) is 11.7 Å². The molecule has 0 aromatic carbocycles. The predicted molar refractivity (Wildman–Crippen MR) is 91.0 cm³/mol.